The van der Waals surface area contributed by atoms with E-state index in [4.69, 9.17) is 9.97 Å². The molecule has 0 aliphatic carbocycles. The number of amides is 2. The Bertz CT molecular complexity index is 1010. The topological polar surface area (TPSA) is 66.4 Å². The van der Waals surface area contributed by atoms with Gasteiger partial charge in [-0.15, -0.1) is 0 Å². The van der Waals surface area contributed by atoms with Gasteiger partial charge in [-0.05, 0) is 44.6 Å². The SMILES string of the molecule is Cc1nc([C@@H]2CCCN(C(=O)C(C)(C)C)C2)nc2c1CCC(=O)N2CCCc1ccccc1. The minimum absolute atomic E-state index is 0.109. The molecule has 0 spiro atoms. The van der Waals surface area contributed by atoms with Gasteiger partial charge < -0.3 is 4.90 Å². The first-order valence-corrected chi connectivity index (χ1v) is 12.2. The van der Waals surface area contributed by atoms with Gasteiger partial charge in [-0.1, -0.05) is 51.1 Å². The van der Waals surface area contributed by atoms with Gasteiger partial charge in [-0.2, -0.15) is 0 Å². The predicted octanol–water partition coefficient (Wildman–Crippen LogP) is 4.45. The van der Waals surface area contributed by atoms with E-state index in [0.29, 0.717) is 25.9 Å². The zero-order chi connectivity index (χ0) is 23.6. The van der Waals surface area contributed by atoms with Crippen molar-refractivity contribution >= 4 is 17.6 Å². The molecular formula is C27H36N4O2. The summed E-state index contributed by atoms with van der Waals surface area (Å²) in [4.78, 5) is 39.4. The number of benzene rings is 1. The van der Waals surface area contributed by atoms with E-state index in [1.165, 1.54) is 5.56 Å². The van der Waals surface area contributed by atoms with Crippen molar-refractivity contribution in [3.8, 4) is 0 Å². The van der Waals surface area contributed by atoms with Crippen LogP contribution in [0.25, 0.3) is 0 Å². The van der Waals surface area contributed by atoms with Gasteiger partial charge in [-0.3, -0.25) is 14.5 Å². The lowest BCUT2D eigenvalue weighted by atomic mass is 9.90. The fourth-order valence-electron chi connectivity index (χ4n) is 4.95. The van der Waals surface area contributed by atoms with E-state index in [0.717, 1.165) is 55.1 Å². The lowest BCUT2D eigenvalue weighted by molar-refractivity contribution is -0.140. The van der Waals surface area contributed by atoms with Crippen LogP contribution in [0.5, 0.6) is 0 Å². The first kappa shape index (κ1) is 23.4. The summed E-state index contributed by atoms with van der Waals surface area (Å²) < 4.78 is 0. The molecule has 1 saturated heterocycles. The molecule has 6 heteroatoms. The largest absolute Gasteiger partial charge is 0.342 e. The van der Waals surface area contributed by atoms with E-state index in [9.17, 15) is 9.59 Å². The number of likely N-dealkylation sites (tertiary alicyclic amines) is 1. The maximum Gasteiger partial charge on any atom is 0.228 e. The van der Waals surface area contributed by atoms with Gasteiger partial charge in [0.25, 0.3) is 0 Å². The number of aromatic nitrogens is 2. The Morgan fingerprint density at radius 3 is 2.61 bits per heavy atom. The van der Waals surface area contributed by atoms with Crippen LogP contribution in [0.1, 0.15) is 75.0 Å². The maximum absolute atomic E-state index is 12.9. The Labute approximate surface area is 197 Å². The molecule has 1 aromatic carbocycles. The van der Waals surface area contributed by atoms with Crippen molar-refractivity contribution in [1.29, 1.82) is 0 Å². The number of aryl methyl sites for hydroxylation is 2. The summed E-state index contributed by atoms with van der Waals surface area (Å²) in [6.45, 7) is 10.0. The second-order valence-electron chi connectivity index (χ2n) is 10.4. The van der Waals surface area contributed by atoms with E-state index in [-0.39, 0.29) is 17.7 Å². The van der Waals surface area contributed by atoms with Gasteiger partial charge in [0.2, 0.25) is 11.8 Å². The minimum Gasteiger partial charge on any atom is -0.342 e. The summed E-state index contributed by atoms with van der Waals surface area (Å²) in [6.07, 6.45) is 4.96. The van der Waals surface area contributed by atoms with Crippen molar-refractivity contribution in [2.45, 2.75) is 72.1 Å². The lowest BCUT2D eigenvalue weighted by Crippen LogP contribution is -2.45. The standard InChI is InChI=1S/C27H36N4O2/c1-19-22-14-15-23(32)31(17-8-12-20-10-6-5-7-11-20)25(22)29-24(28-19)21-13-9-16-30(18-21)26(33)27(2,3)4/h5-7,10-11,21H,8-9,12-18H2,1-4H3/t21-/m1/s1. The Morgan fingerprint density at radius 1 is 1.12 bits per heavy atom. The maximum atomic E-state index is 12.9. The van der Waals surface area contributed by atoms with Crippen LogP contribution in [0.4, 0.5) is 5.82 Å². The molecule has 1 aromatic heterocycles. The summed E-state index contributed by atoms with van der Waals surface area (Å²) in [5.74, 6) is 2.01. The smallest absolute Gasteiger partial charge is 0.228 e. The van der Waals surface area contributed by atoms with Crippen LogP contribution < -0.4 is 4.90 Å². The van der Waals surface area contributed by atoms with Gasteiger partial charge in [0.1, 0.15) is 11.6 Å². The molecule has 0 radical (unpaired) electrons. The Balaban J connectivity index is 1.54. The second-order valence-corrected chi connectivity index (χ2v) is 10.4. The number of anilines is 1. The van der Waals surface area contributed by atoms with Gasteiger partial charge >= 0.3 is 0 Å². The fraction of sp³-hybridized carbons (Fsp3) is 0.556. The molecule has 176 valence electrons. The molecule has 6 nitrogen and oxygen atoms in total. The average Bonchev–Trinajstić information content (AvgIpc) is 2.80. The summed E-state index contributed by atoms with van der Waals surface area (Å²) in [5, 5.41) is 0. The Hall–Kier alpha value is -2.76. The molecule has 0 saturated carbocycles. The molecule has 2 aromatic rings. The normalized spacial score (nSPS) is 18.9. The van der Waals surface area contributed by atoms with Crippen LogP contribution in [-0.4, -0.2) is 46.3 Å². The third-order valence-corrected chi connectivity index (χ3v) is 6.76. The van der Waals surface area contributed by atoms with Gasteiger partial charge in [0, 0.05) is 48.6 Å². The highest BCUT2D eigenvalue weighted by molar-refractivity contribution is 5.95. The first-order valence-electron chi connectivity index (χ1n) is 12.2. The molecular weight excluding hydrogens is 412 g/mol. The molecule has 1 atom stereocenters. The van der Waals surface area contributed by atoms with Crippen LogP contribution in [0.15, 0.2) is 30.3 Å². The van der Waals surface area contributed by atoms with E-state index in [2.05, 4.69) is 24.3 Å². The van der Waals surface area contributed by atoms with Crippen LogP contribution in [0, 0.1) is 12.3 Å². The number of carbonyl (C=O) groups excluding carboxylic acids is 2. The molecule has 4 rings (SSSR count). The quantitative estimate of drug-likeness (QED) is 0.678. The van der Waals surface area contributed by atoms with Crippen LogP contribution in [0.3, 0.4) is 0 Å². The molecule has 3 heterocycles. The van der Waals surface area contributed by atoms with Crippen molar-refractivity contribution in [3.05, 3.63) is 53.0 Å². The number of hydrogen-bond donors (Lipinski definition) is 0. The van der Waals surface area contributed by atoms with E-state index >= 15 is 0 Å². The van der Waals surface area contributed by atoms with Crippen molar-refractivity contribution in [2.75, 3.05) is 24.5 Å². The van der Waals surface area contributed by atoms with Crippen LogP contribution in [0.2, 0.25) is 0 Å². The van der Waals surface area contributed by atoms with E-state index < -0.39 is 5.41 Å². The third-order valence-electron chi connectivity index (χ3n) is 6.76. The predicted molar refractivity (Wildman–Crippen MR) is 130 cm³/mol. The number of piperidine rings is 1. The van der Waals surface area contributed by atoms with Crippen LogP contribution >= 0.6 is 0 Å². The minimum atomic E-state index is -0.392. The molecule has 0 N–H and O–H groups in total. The highest BCUT2D eigenvalue weighted by Gasteiger charge is 2.34. The molecule has 2 aliphatic rings. The summed E-state index contributed by atoms with van der Waals surface area (Å²) in [6, 6.07) is 10.4. The Morgan fingerprint density at radius 2 is 1.88 bits per heavy atom. The molecule has 2 aliphatic heterocycles. The molecule has 0 bridgehead atoms. The number of fused-ring (bicyclic) bond motifs is 1. The number of carbonyl (C=O) groups is 2. The monoisotopic (exact) mass is 448 g/mol. The van der Waals surface area contributed by atoms with Crippen LogP contribution in [-0.2, 0) is 22.4 Å². The van der Waals surface area contributed by atoms with Crippen molar-refractivity contribution in [2.24, 2.45) is 5.41 Å². The lowest BCUT2D eigenvalue weighted by Gasteiger charge is -2.36. The highest BCUT2D eigenvalue weighted by atomic mass is 16.2. The number of rotatable bonds is 5. The third kappa shape index (κ3) is 5.26. The van der Waals surface area contributed by atoms with Gasteiger partial charge in [0.15, 0.2) is 0 Å². The van der Waals surface area contributed by atoms with E-state index in [1.807, 2.05) is 43.6 Å². The van der Waals surface area contributed by atoms with Crippen molar-refractivity contribution in [1.82, 2.24) is 14.9 Å². The molecule has 1 fully saturated rings. The second kappa shape index (κ2) is 9.62. The molecule has 2 amide bonds. The highest BCUT2D eigenvalue weighted by Crippen LogP contribution is 2.33. The van der Waals surface area contributed by atoms with Gasteiger partial charge in [0.05, 0.1) is 0 Å². The van der Waals surface area contributed by atoms with Crippen molar-refractivity contribution in [3.63, 3.8) is 0 Å². The molecule has 0 unspecified atom stereocenters. The first-order chi connectivity index (χ1) is 15.7. The summed E-state index contributed by atoms with van der Waals surface area (Å²) in [7, 11) is 0. The number of hydrogen-bond acceptors (Lipinski definition) is 4. The summed E-state index contributed by atoms with van der Waals surface area (Å²) >= 11 is 0. The van der Waals surface area contributed by atoms with E-state index in [1.54, 1.807) is 0 Å². The average molecular weight is 449 g/mol. The van der Waals surface area contributed by atoms with Gasteiger partial charge in [-0.25, -0.2) is 9.97 Å². The zero-order valence-electron chi connectivity index (χ0n) is 20.4. The summed E-state index contributed by atoms with van der Waals surface area (Å²) in [5.41, 5.74) is 2.95. The molecule has 33 heavy (non-hydrogen) atoms. The zero-order valence-corrected chi connectivity index (χ0v) is 20.4. The Kier molecular flexibility index (Phi) is 6.82. The fourth-order valence-corrected chi connectivity index (χ4v) is 4.95. The number of nitrogens with zero attached hydrogens (tertiary/aromatic N) is 4. The van der Waals surface area contributed by atoms with Crippen molar-refractivity contribution < 1.29 is 9.59 Å².